The molecule has 0 saturated carbocycles. The number of hydrogen-bond acceptors (Lipinski definition) is 4. The molecule has 2 aromatic rings. The lowest BCUT2D eigenvalue weighted by Gasteiger charge is -2.03. The van der Waals surface area contributed by atoms with Crippen LogP contribution in [0.3, 0.4) is 0 Å². The van der Waals surface area contributed by atoms with E-state index >= 15 is 0 Å². The van der Waals surface area contributed by atoms with Crippen LogP contribution in [0.15, 0.2) is 40.4 Å². The van der Waals surface area contributed by atoms with Gasteiger partial charge in [0.2, 0.25) is 0 Å². The van der Waals surface area contributed by atoms with E-state index in [1.54, 1.807) is 18.2 Å². The fraction of sp³-hybridized carbons (Fsp3) is 0.0833. The molecule has 0 aliphatic rings. The summed E-state index contributed by atoms with van der Waals surface area (Å²) in [5, 5.41) is 9.81. The van der Waals surface area contributed by atoms with Crippen molar-refractivity contribution >= 4 is 23.4 Å². The van der Waals surface area contributed by atoms with Gasteiger partial charge in [0.15, 0.2) is 5.16 Å². The maximum atomic E-state index is 11.1. The van der Waals surface area contributed by atoms with E-state index in [-0.39, 0.29) is 5.56 Å². The number of aromatic amines is 1. The molecule has 1 N–H and O–H groups in total. The average molecular weight is 278 g/mol. The molecule has 0 fully saturated rings. The van der Waals surface area contributed by atoms with E-state index in [4.69, 9.17) is 16.9 Å². The monoisotopic (exact) mass is 277 g/mol. The van der Waals surface area contributed by atoms with Crippen molar-refractivity contribution in [2.75, 3.05) is 0 Å². The van der Waals surface area contributed by atoms with Gasteiger partial charge in [0.05, 0.1) is 11.6 Å². The molecule has 0 unspecified atom stereocenters. The Kier molecular flexibility index (Phi) is 4.03. The quantitative estimate of drug-likeness (QED) is 0.691. The number of halogens is 1. The van der Waals surface area contributed by atoms with E-state index in [1.165, 1.54) is 24.0 Å². The highest BCUT2D eigenvalue weighted by atomic mass is 35.5. The standard InChI is InChI=1S/C12H8ClN3OS/c13-10-5-8(6-14)1-2-9(10)7-18-12-15-4-3-11(17)16-12/h1-5H,7H2,(H,15,16,17). The first-order chi connectivity index (χ1) is 8.69. The molecule has 90 valence electrons. The first kappa shape index (κ1) is 12.7. The van der Waals surface area contributed by atoms with Gasteiger partial charge in [-0.2, -0.15) is 5.26 Å². The van der Waals surface area contributed by atoms with Crippen LogP contribution in [-0.2, 0) is 5.75 Å². The molecule has 6 heteroatoms. The lowest BCUT2D eigenvalue weighted by Crippen LogP contribution is -2.05. The number of nitriles is 1. The first-order valence-electron chi connectivity index (χ1n) is 5.05. The fourth-order valence-electron chi connectivity index (χ4n) is 1.31. The summed E-state index contributed by atoms with van der Waals surface area (Å²) >= 11 is 7.43. The second kappa shape index (κ2) is 5.71. The van der Waals surface area contributed by atoms with Crippen LogP contribution in [0, 0.1) is 11.3 Å². The fourth-order valence-corrected chi connectivity index (χ4v) is 2.48. The molecule has 2 rings (SSSR count). The highest BCUT2D eigenvalue weighted by Crippen LogP contribution is 2.24. The Bertz CT molecular complexity index is 663. The minimum atomic E-state index is -0.182. The summed E-state index contributed by atoms with van der Waals surface area (Å²) in [6.45, 7) is 0. The van der Waals surface area contributed by atoms with Crippen molar-refractivity contribution < 1.29 is 0 Å². The number of nitrogens with zero attached hydrogens (tertiary/aromatic N) is 2. The molecular weight excluding hydrogens is 270 g/mol. The van der Waals surface area contributed by atoms with Crippen LogP contribution in [0.1, 0.15) is 11.1 Å². The van der Waals surface area contributed by atoms with Crippen LogP contribution in [0.25, 0.3) is 0 Å². The van der Waals surface area contributed by atoms with Crippen molar-refractivity contribution in [1.29, 1.82) is 5.26 Å². The number of rotatable bonds is 3. The molecule has 0 bridgehead atoms. The molecule has 4 nitrogen and oxygen atoms in total. The zero-order valence-electron chi connectivity index (χ0n) is 9.18. The van der Waals surface area contributed by atoms with E-state index in [0.29, 0.717) is 21.5 Å². The van der Waals surface area contributed by atoms with E-state index in [0.717, 1.165) is 5.56 Å². The topological polar surface area (TPSA) is 69.5 Å². The largest absolute Gasteiger partial charge is 0.301 e. The van der Waals surface area contributed by atoms with Gasteiger partial charge in [-0.15, -0.1) is 0 Å². The molecule has 18 heavy (non-hydrogen) atoms. The van der Waals surface area contributed by atoms with Crippen molar-refractivity contribution in [2.45, 2.75) is 10.9 Å². The van der Waals surface area contributed by atoms with E-state index in [1.807, 2.05) is 6.07 Å². The molecule has 1 aromatic carbocycles. The third-order valence-corrected chi connectivity index (χ3v) is 3.48. The highest BCUT2D eigenvalue weighted by molar-refractivity contribution is 7.98. The number of hydrogen-bond donors (Lipinski definition) is 1. The van der Waals surface area contributed by atoms with E-state index < -0.39 is 0 Å². The van der Waals surface area contributed by atoms with Gasteiger partial charge in [0.1, 0.15) is 0 Å². The normalized spacial score (nSPS) is 10.0. The minimum Gasteiger partial charge on any atom is -0.301 e. The Morgan fingerprint density at radius 2 is 2.28 bits per heavy atom. The zero-order valence-corrected chi connectivity index (χ0v) is 10.8. The summed E-state index contributed by atoms with van der Waals surface area (Å²) in [6.07, 6.45) is 1.46. The Labute approximate surface area is 113 Å². The third-order valence-electron chi connectivity index (χ3n) is 2.19. The summed E-state index contributed by atoms with van der Waals surface area (Å²) in [7, 11) is 0. The molecule has 1 aromatic heterocycles. The van der Waals surface area contributed by atoms with Crippen LogP contribution in [-0.4, -0.2) is 9.97 Å². The van der Waals surface area contributed by atoms with Crippen molar-refractivity contribution in [3.8, 4) is 6.07 Å². The van der Waals surface area contributed by atoms with Crippen LogP contribution in [0.2, 0.25) is 5.02 Å². The molecule has 1 heterocycles. The van der Waals surface area contributed by atoms with Crippen LogP contribution in [0.4, 0.5) is 0 Å². The average Bonchev–Trinajstić information content (AvgIpc) is 2.37. The highest BCUT2D eigenvalue weighted by Gasteiger charge is 2.04. The maximum absolute atomic E-state index is 11.1. The molecule has 0 atom stereocenters. The van der Waals surface area contributed by atoms with Gasteiger partial charge in [-0.05, 0) is 17.7 Å². The molecule has 0 radical (unpaired) electrons. The van der Waals surface area contributed by atoms with Crippen LogP contribution in [0.5, 0.6) is 0 Å². The molecule has 0 aliphatic carbocycles. The van der Waals surface area contributed by atoms with Gasteiger partial charge >= 0.3 is 0 Å². The second-order valence-electron chi connectivity index (χ2n) is 3.45. The first-order valence-corrected chi connectivity index (χ1v) is 6.42. The molecule has 0 amide bonds. The Balaban J connectivity index is 2.11. The van der Waals surface area contributed by atoms with Crippen molar-refractivity contribution in [2.24, 2.45) is 0 Å². The van der Waals surface area contributed by atoms with Gasteiger partial charge in [0, 0.05) is 23.0 Å². The lowest BCUT2D eigenvalue weighted by molar-refractivity contribution is 0.936. The zero-order chi connectivity index (χ0) is 13.0. The second-order valence-corrected chi connectivity index (χ2v) is 4.82. The Hall–Kier alpha value is -1.77. The van der Waals surface area contributed by atoms with Gasteiger partial charge < -0.3 is 4.98 Å². The molecule has 0 spiro atoms. The number of thioether (sulfide) groups is 1. The summed E-state index contributed by atoms with van der Waals surface area (Å²) in [5.41, 5.74) is 1.24. The SMILES string of the molecule is N#Cc1ccc(CSc2nccc(=O)[nH]2)c(Cl)c1. The maximum Gasteiger partial charge on any atom is 0.251 e. The van der Waals surface area contributed by atoms with Gasteiger partial charge in [-0.25, -0.2) is 4.98 Å². The molecular formula is C12H8ClN3OS. The number of nitrogens with one attached hydrogen (secondary N) is 1. The predicted molar refractivity (Wildman–Crippen MR) is 70.6 cm³/mol. The van der Waals surface area contributed by atoms with Gasteiger partial charge in [-0.1, -0.05) is 29.4 Å². The van der Waals surface area contributed by atoms with Crippen LogP contribution < -0.4 is 5.56 Å². The Morgan fingerprint density at radius 3 is 2.94 bits per heavy atom. The lowest BCUT2D eigenvalue weighted by atomic mass is 10.2. The Morgan fingerprint density at radius 1 is 1.44 bits per heavy atom. The summed E-state index contributed by atoms with van der Waals surface area (Å²) < 4.78 is 0. The van der Waals surface area contributed by atoms with Crippen molar-refractivity contribution in [3.05, 3.63) is 57.0 Å². The van der Waals surface area contributed by atoms with E-state index in [9.17, 15) is 4.79 Å². The van der Waals surface area contributed by atoms with Gasteiger partial charge in [0.25, 0.3) is 5.56 Å². The van der Waals surface area contributed by atoms with Gasteiger partial charge in [-0.3, -0.25) is 4.79 Å². The summed E-state index contributed by atoms with van der Waals surface area (Å²) in [6, 6.07) is 8.52. The summed E-state index contributed by atoms with van der Waals surface area (Å²) in [4.78, 5) is 17.7. The summed E-state index contributed by atoms with van der Waals surface area (Å²) in [5.74, 6) is 0.581. The van der Waals surface area contributed by atoms with Crippen LogP contribution >= 0.6 is 23.4 Å². The molecule has 0 aliphatic heterocycles. The van der Waals surface area contributed by atoms with E-state index in [2.05, 4.69) is 9.97 Å². The number of benzene rings is 1. The van der Waals surface area contributed by atoms with Crippen molar-refractivity contribution in [3.63, 3.8) is 0 Å². The number of H-pyrrole nitrogens is 1. The number of aromatic nitrogens is 2. The molecule has 0 saturated heterocycles. The van der Waals surface area contributed by atoms with Crippen molar-refractivity contribution in [1.82, 2.24) is 9.97 Å². The predicted octanol–water partition coefficient (Wildman–Crippen LogP) is 2.59. The smallest absolute Gasteiger partial charge is 0.251 e. The minimum absolute atomic E-state index is 0.182. The third kappa shape index (κ3) is 3.13.